The van der Waals surface area contributed by atoms with Crippen LogP contribution in [0.2, 0.25) is 0 Å². The van der Waals surface area contributed by atoms with Gasteiger partial charge in [-0.1, -0.05) is 27.7 Å². The highest BCUT2D eigenvalue weighted by Crippen LogP contribution is 2.32. The van der Waals surface area contributed by atoms with Crippen LogP contribution in [0.1, 0.15) is 39.4 Å². The number of hydrogen-bond acceptors (Lipinski definition) is 3. The van der Waals surface area contributed by atoms with Gasteiger partial charge in [-0.05, 0) is 18.4 Å². The molecule has 2 atom stereocenters. The van der Waals surface area contributed by atoms with Crippen LogP contribution < -0.4 is 10.1 Å². The van der Waals surface area contributed by atoms with Gasteiger partial charge in [-0.15, -0.1) is 0 Å². The summed E-state index contributed by atoms with van der Waals surface area (Å²) in [5, 5.41) is 7.82. The zero-order valence-electron chi connectivity index (χ0n) is 11.8. The fourth-order valence-electron chi connectivity index (χ4n) is 2.08. The summed E-state index contributed by atoms with van der Waals surface area (Å²) in [6, 6.07) is 0.280. The monoisotopic (exact) mass is 239 g/mol. The zero-order valence-corrected chi connectivity index (χ0v) is 11.8. The van der Waals surface area contributed by atoms with Crippen molar-refractivity contribution in [1.82, 2.24) is 15.1 Å². The highest BCUT2D eigenvalue weighted by molar-refractivity contribution is 5.28. The van der Waals surface area contributed by atoms with Crippen molar-refractivity contribution >= 4 is 0 Å². The molecule has 1 rings (SSSR count). The van der Waals surface area contributed by atoms with Gasteiger partial charge in [0, 0.05) is 7.05 Å². The average molecular weight is 239 g/mol. The maximum absolute atomic E-state index is 5.40. The van der Waals surface area contributed by atoms with E-state index in [4.69, 9.17) is 4.74 Å². The maximum Gasteiger partial charge on any atom is 0.161 e. The number of methoxy groups -OCH3 is 1. The first-order valence-corrected chi connectivity index (χ1v) is 6.32. The molecule has 4 heteroatoms. The van der Waals surface area contributed by atoms with E-state index in [1.807, 2.05) is 11.7 Å². The molecular formula is C13H25N3O. The Balaban J connectivity index is 3.08. The van der Waals surface area contributed by atoms with Gasteiger partial charge in [-0.25, -0.2) is 0 Å². The molecule has 1 N–H and O–H groups in total. The van der Waals surface area contributed by atoms with Gasteiger partial charge in [0.25, 0.3) is 0 Å². The molecule has 0 fully saturated rings. The zero-order chi connectivity index (χ0) is 13.0. The van der Waals surface area contributed by atoms with Crippen molar-refractivity contribution in [3.63, 3.8) is 0 Å². The van der Waals surface area contributed by atoms with Gasteiger partial charge in [0.05, 0.1) is 25.0 Å². The van der Waals surface area contributed by atoms with Crippen LogP contribution in [0.15, 0.2) is 6.20 Å². The Hall–Kier alpha value is -1.03. The normalized spacial score (nSPS) is 15.0. The molecule has 0 bridgehead atoms. The van der Waals surface area contributed by atoms with Gasteiger partial charge < -0.3 is 10.1 Å². The molecule has 0 aromatic carbocycles. The van der Waals surface area contributed by atoms with Crippen LogP contribution in [0.4, 0.5) is 0 Å². The van der Waals surface area contributed by atoms with E-state index in [9.17, 15) is 0 Å². The molecule has 98 valence electrons. The van der Waals surface area contributed by atoms with Crippen molar-refractivity contribution in [3.05, 3.63) is 11.9 Å². The molecule has 0 radical (unpaired) electrons. The fourth-order valence-corrected chi connectivity index (χ4v) is 2.08. The molecule has 17 heavy (non-hydrogen) atoms. The molecule has 1 heterocycles. The Labute approximate surface area is 104 Å². The third-order valence-electron chi connectivity index (χ3n) is 3.47. The molecule has 0 spiro atoms. The number of aryl methyl sites for hydroxylation is 1. The van der Waals surface area contributed by atoms with Crippen molar-refractivity contribution in [2.45, 2.75) is 33.7 Å². The quantitative estimate of drug-likeness (QED) is 0.828. The third kappa shape index (κ3) is 3.00. The smallest absolute Gasteiger partial charge is 0.161 e. The SMILES string of the molecule is CCNC(c1c(OC)cnn1C)C(C)C(C)C. The van der Waals surface area contributed by atoms with E-state index >= 15 is 0 Å². The number of ether oxygens (including phenoxy) is 1. The molecule has 0 saturated heterocycles. The first-order chi connectivity index (χ1) is 8.02. The lowest BCUT2D eigenvalue weighted by Gasteiger charge is -2.28. The lowest BCUT2D eigenvalue weighted by atomic mass is 9.88. The summed E-state index contributed by atoms with van der Waals surface area (Å²) in [7, 11) is 3.67. The lowest BCUT2D eigenvalue weighted by molar-refractivity contribution is 0.286. The number of hydrogen-bond donors (Lipinski definition) is 1. The number of nitrogens with one attached hydrogen (secondary N) is 1. The van der Waals surface area contributed by atoms with E-state index in [-0.39, 0.29) is 6.04 Å². The summed E-state index contributed by atoms with van der Waals surface area (Å²) in [6.45, 7) is 9.83. The van der Waals surface area contributed by atoms with E-state index < -0.39 is 0 Å². The van der Waals surface area contributed by atoms with E-state index in [1.165, 1.54) is 0 Å². The predicted molar refractivity (Wildman–Crippen MR) is 70.2 cm³/mol. The maximum atomic E-state index is 5.40. The number of aromatic nitrogens is 2. The summed E-state index contributed by atoms with van der Waals surface area (Å²) in [5.74, 6) is 2.00. The molecule has 4 nitrogen and oxygen atoms in total. The summed E-state index contributed by atoms with van der Waals surface area (Å²) in [5.41, 5.74) is 1.13. The van der Waals surface area contributed by atoms with E-state index in [2.05, 4.69) is 38.1 Å². The molecule has 1 aromatic heterocycles. The molecule has 0 aliphatic carbocycles. The van der Waals surface area contributed by atoms with Gasteiger partial charge >= 0.3 is 0 Å². The highest BCUT2D eigenvalue weighted by Gasteiger charge is 2.27. The summed E-state index contributed by atoms with van der Waals surface area (Å²) in [6.07, 6.45) is 1.78. The van der Waals surface area contributed by atoms with Crippen LogP contribution in [0.25, 0.3) is 0 Å². The molecule has 1 aromatic rings. The van der Waals surface area contributed by atoms with E-state index in [0.29, 0.717) is 11.8 Å². The predicted octanol–water partition coefficient (Wildman–Crippen LogP) is 2.37. The van der Waals surface area contributed by atoms with Crippen LogP contribution >= 0.6 is 0 Å². The van der Waals surface area contributed by atoms with Gasteiger partial charge in [0.15, 0.2) is 5.75 Å². The average Bonchev–Trinajstić information content (AvgIpc) is 2.66. The molecule has 0 aliphatic heterocycles. The number of nitrogens with zero attached hydrogens (tertiary/aromatic N) is 2. The van der Waals surface area contributed by atoms with Crippen molar-refractivity contribution in [3.8, 4) is 5.75 Å². The minimum atomic E-state index is 0.280. The highest BCUT2D eigenvalue weighted by atomic mass is 16.5. The third-order valence-corrected chi connectivity index (χ3v) is 3.47. The van der Waals surface area contributed by atoms with Crippen LogP contribution in [0.3, 0.4) is 0 Å². The fraction of sp³-hybridized carbons (Fsp3) is 0.769. The Morgan fingerprint density at radius 2 is 2.06 bits per heavy atom. The molecule has 0 amide bonds. The van der Waals surface area contributed by atoms with Crippen LogP contribution in [0, 0.1) is 11.8 Å². The second-order valence-corrected chi connectivity index (χ2v) is 4.86. The van der Waals surface area contributed by atoms with Crippen molar-refractivity contribution in [2.75, 3.05) is 13.7 Å². The van der Waals surface area contributed by atoms with Crippen LogP contribution in [-0.2, 0) is 7.05 Å². The Kier molecular flexibility index (Phi) is 5.00. The molecule has 0 aliphatic rings. The van der Waals surface area contributed by atoms with Gasteiger partial charge in [0.2, 0.25) is 0 Å². The van der Waals surface area contributed by atoms with Gasteiger partial charge in [-0.2, -0.15) is 5.10 Å². The minimum absolute atomic E-state index is 0.280. The van der Waals surface area contributed by atoms with Gasteiger partial charge in [-0.3, -0.25) is 4.68 Å². The lowest BCUT2D eigenvalue weighted by Crippen LogP contribution is -2.31. The Bertz CT molecular complexity index is 346. The largest absolute Gasteiger partial charge is 0.493 e. The minimum Gasteiger partial charge on any atom is -0.493 e. The van der Waals surface area contributed by atoms with Gasteiger partial charge in [0.1, 0.15) is 0 Å². The Morgan fingerprint density at radius 1 is 1.41 bits per heavy atom. The first kappa shape index (κ1) is 14.0. The van der Waals surface area contributed by atoms with E-state index in [1.54, 1.807) is 13.3 Å². The van der Waals surface area contributed by atoms with Crippen LogP contribution in [0.5, 0.6) is 5.75 Å². The standard InChI is InChI=1S/C13H25N3O/c1-7-14-12(10(4)9(2)3)13-11(17-6)8-15-16(13)5/h8-10,12,14H,7H2,1-6H3. The number of rotatable bonds is 6. The molecule has 2 unspecified atom stereocenters. The second-order valence-electron chi connectivity index (χ2n) is 4.86. The van der Waals surface area contributed by atoms with Crippen LogP contribution in [-0.4, -0.2) is 23.4 Å². The van der Waals surface area contributed by atoms with Crippen molar-refractivity contribution < 1.29 is 4.74 Å². The topological polar surface area (TPSA) is 39.1 Å². The Morgan fingerprint density at radius 3 is 2.53 bits per heavy atom. The summed E-state index contributed by atoms with van der Waals surface area (Å²) < 4.78 is 7.31. The summed E-state index contributed by atoms with van der Waals surface area (Å²) >= 11 is 0. The van der Waals surface area contributed by atoms with Crippen molar-refractivity contribution in [2.24, 2.45) is 18.9 Å². The first-order valence-electron chi connectivity index (χ1n) is 6.32. The molecule has 0 saturated carbocycles. The summed E-state index contributed by atoms with van der Waals surface area (Å²) in [4.78, 5) is 0. The van der Waals surface area contributed by atoms with E-state index in [0.717, 1.165) is 18.0 Å². The van der Waals surface area contributed by atoms with Crippen molar-refractivity contribution in [1.29, 1.82) is 0 Å². The molecular weight excluding hydrogens is 214 g/mol. The second kappa shape index (κ2) is 6.05.